The lowest BCUT2D eigenvalue weighted by molar-refractivity contribution is 0.0692. The molecule has 0 radical (unpaired) electrons. The molecule has 0 aliphatic heterocycles. The van der Waals surface area contributed by atoms with Crippen LogP contribution in [-0.4, -0.2) is 21.0 Å². The molecule has 5 nitrogen and oxygen atoms in total. The summed E-state index contributed by atoms with van der Waals surface area (Å²) in [6.45, 7) is 3.50. The summed E-state index contributed by atoms with van der Waals surface area (Å²) < 4.78 is 5.48. The summed E-state index contributed by atoms with van der Waals surface area (Å²) >= 11 is 0. The Morgan fingerprint density at radius 1 is 1.39 bits per heavy atom. The van der Waals surface area contributed by atoms with Crippen LogP contribution in [0.5, 0.6) is 11.6 Å². The predicted molar refractivity (Wildman–Crippen MR) is 65.0 cm³/mol. The molecule has 92 valence electrons. The second-order valence-corrected chi connectivity index (χ2v) is 3.86. The molecule has 0 spiro atoms. The molecule has 0 amide bonds. The number of ether oxygens (including phenoxy) is 1. The number of hydrogen-bond acceptors (Lipinski definition) is 4. The van der Waals surface area contributed by atoms with Gasteiger partial charge in [0.15, 0.2) is 0 Å². The molecule has 18 heavy (non-hydrogen) atoms. The number of carboxylic acid groups (broad SMARTS) is 1. The first kappa shape index (κ1) is 12.0. The maximum Gasteiger partial charge on any atom is 0.341 e. The third-order valence-corrected chi connectivity index (χ3v) is 2.37. The van der Waals surface area contributed by atoms with Gasteiger partial charge in [0.1, 0.15) is 11.3 Å². The lowest BCUT2D eigenvalue weighted by Crippen LogP contribution is -2.06. The number of aromatic nitrogens is 2. The Bertz CT molecular complexity index is 582. The quantitative estimate of drug-likeness (QED) is 0.898. The SMILES string of the molecule is Cc1cc(C)c(C(=O)O)c(Oc2cccnc2)n1. The average molecular weight is 244 g/mol. The monoisotopic (exact) mass is 244 g/mol. The predicted octanol–water partition coefficient (Wildman–Crippen LogP) is 2.58. The van der Waals surface area contributed by atoms with E-state index in [1.54, 1.807) is 38.2 Å². The number of hydrogen-bond donors (Lipinski definition) is 1. The van der Waals surface area contributed by atoms with Crippen molar-refractivity contribution in [2.45, 2.75) is 13.8 Å². The Hall–Kier alpha value is -2.43. The molecule has 2 aromatic heterocycles. The summed E-state index contributed by atoms with van der Waals surface area (Å²) in [6, 6.07) is 5.11. The van der Waals surface area contributed by atoms with Crippen molar-refractivity contribution in [3.05, 3.63) is 47.4 Å². The standard InChI is InChI=1S/C13H12N2O3/c1-8-6-9(2)15-12(11(8)13(16)17)18-10-4-3-5-14-7-10/h3-7H,1-2H3,(H,16,17). The van der Waals surface area contributed by atoms with E-state index in [0.717, 1.165) is 0 Å². The Morgan fingerprint density at radius 3 is 2.78 bits per heavy atom. The topological polar surface area (TPSA) is 72.3 Å². The zero-order valence-electron chi connectivity index (χ0n) is 10.0. The van der Waals surface area contributed by atoms with E-state index in [1.807, 2.05) is 0 Å². The summed E-state index contributed by atoms with van der Waals surface area (Å²) in [4.78, 5) is 19.2. The maximum atomic E-state index is 11.2. The van der Waals surface area contributed by atoms with Gasteiger partial charge in [-0.2, -0.15) is 0 Å². The fourth-order valence-corrected chi connectivity index (χ4v) is 1.66. The van der Waals surface area contributed by atoms with Gasteiger partial charge in [-0.15, -0.1) is 0 Å². The zero-order chi connectivity index (χ0) is 13.1. The van der Waals surface area contributed by atoms with Crippen LogP contribution in [0.2, 0.25) is 0 Å². The number of carbonyl (C=O) groups is 1. The minimum Gasteiger partial charge on any atom is -0.477 e. The van der Waals surface area contributed by atoms with Crippen molar-refractivity contribution in [1.82, 2.24) is 9.97 Å². The molecule has 5 heteroatoms. The minimum absolute atomic E-state index is 0.0736. The molecule has 0 saturated heterocycles. The number of pyridine rings is 2. The molecule has 0 aromatic carbocycles. The third kappa shape index (κ3) is 2.45. The smallest absolute Gasteiger partial charge is 0.341 e. The Balaban J connectivity index is 2.46. The van der Waals surface area contributed by atoms with E-state index in [4.69, 9.17) is 4.74 Å². The highest BCUT2D eigenvalue weighted by Gasteiger charge is 2.17. The number of nitrogens with zero attached hydrogens (tertiary/aromatic N) is 2. The maximum absolute atomic E-state index is 11.2. The van der Waals surface area contributed by atoms with Gasteiger partial charge in [-0.25, -0.2) is 9.78 Å². The van der Waals surface area contributed by atoms with E-state index in [-0.39, 0.29) is 11.4 Å². The second kappa shape index (κ2) is 4.83. The highest BCUT2D eigenvalue weighted by Crippen LogP contribution is 2.25. The molecule has 0 fully saturated rings. The molecular weight excluding hydrogens is 232 g/mol. The van der Waals surface area contributed by atoms with E-state index in [0.29, 0.717) is 17.0 Å². The van der Waals surface area contributed by atoms with E-state index in [9.17, 15) is 9.90 Å². The van der Waals surface area contributed by atoms with Crippen molar-refractivity contribution >= 4 is 5.97 Å². The first-order valence-electron chi connectivity index (χ1n) is 5.37. The van der Waals surface area contributed by atoms with Crippen molar-refractivity contribution in [3.63, 3.8) is 0 Å². The van der Waals surface area contributed by atoms with Crippen LogP contribution in [0.3, 0.4) is 0 Å². The van der Waals surface area contributed by atoms with Crippen LogP contribution < -0.4 is 4.74 Å². The molecule has 0 unspecified atom stereocenters. The van der Waals surface area contributed by atoms with Crippen LogP contribution in [0, 0.1) is 13.8 Å². The summed E-state index contributed by atoms with van der Waals surface area (Å²) in [7, 11) is 0. The normalized spacial score (nSPS) is 10.1. The van der Waals surface area contributed by atoms with Crippen molar-refractivity contribution in [1.29, 1.82) is 0 Å². The molecule has 0 atom stereocenters. The van der Waals surface area contributed by atoms with Gasteiger partial charge in [-0.1, -0.05) is 0 Å². The van der Waals surface area contributed by atoms with Crippen LogP contribution in [-0.2, 0) is 0 Å². The minimum atomic E-state index is -1.06. The van der Waals surface area contributed by atoms with Gasteiger partial charge < -0.3 is 9.84 Å². The van der Waals surface area contributed by atoms with Gasteiger partial charge in [-0.05, 0) is 37.6 Å². The molecule has 1 N–H and O–H groups in total. The Kier molecular flexibility index (Phi) is 3.23. The van der Waals surface area contributed by atoms with Crippen LogP contribution in [0.4, 0.5) is 0 Å². The van der Waals surface area contributed by atoms with Gasteiger partial charge in [0, 0.05) is 11.9 Å². The zero-order valence-corrected chi connectivity index (χ0v) is 10.0. The molecule has 0 aliphatic rings. The van der Waals surface area contributed by atoms with Crippen LogP contribution in [0.15, 0.2) is 30.6 Å². The lowest BCUT2D eigenvalue weighted by Gasteiger charge is -2.10. The van der Waals surface area contributed by atoms with Crippen LogP contribution >= 0.6 is 0 Å². The first-order valence-corrected chi connectivity index (χ1v) is 5.37. The second-order valence-electron chi connectivity index (χ2n) is 3.86. The number of rotatable bonds is 3. The number of carboxylic acids is 1. The molecule has 0 saturated carbocycles. The van der Waals surface area contributed by atoms with E-state index in [2.05, 4.69) is 9.97 Å². The van der Waals surface area contributed by atoms with Crippen LogP contribution in [0.1, 0.15) is 21.6 Å². The lowest BCUT2D eigenvalue weighted by atomic mass is 10.1. The van der Waals surface area contributed by atoms with Gasteiger partial charge in [0.2, 0.25) is 5.88 Å². The highest BCUT2D eigenvalue weighted by molar-refractivity contribution is 5.92. The van der Waals surface area contributed by atoms with Crippen molar-refractivity contribution in [2.75, 3.05) is 0 Å². The first-order chi connectivity index (χ1) is 8.58. The molecular formula is C13H12N2O3. The van der Waals surface area contributed by atoms with Gasteiger partial charge in [0.05, 0.1) is 6.20 Å². The van der Waals surface area contributed by atoms with Crippen molar-refractivity contribution < 1.29 is 14.6 Å². The summed E-state index contributed by atoms with van der Waals surface area (Å²) in [5.41, 5.74) is 1.40. The largest absolute Gasteiger partial charge is 0.477 e. The molecule has 0 aliphatic carbocycles. The molecule has 2 heterocycles. The summed E-state index contributed by atoms with van der Waals surface area (Å²) in [5, 5.41) is 9.18. The van der Waals surface area contributed by atoms with E-state index >= 15 is 0 Å². The van der Waals surface area contributed by atoms with Gasteiger partial charge in [0.25, 0.3) is 0 Å². The van der Waals surface area contributed by atoms with E-state index in [1.165, 1.54) is 6.20 Å². The summed E-state index contributed by atoms with van der Waals surface area (Å²) in [6.07, 6.45) is 3.12. The van der Waals surface area contributed by atoms with Crippen molar-refractivity contribution in [2.24, 2.45) is 0 Å². The van der Waals surface area contributed by atoms with Crippen molar-refractivity contribution in [3.8, 4) is 11.6 Å². The molecule has 2 aromatic rings. The van der Waals surface area contributed by atoms with Crippen LogP contribution in [0.25, 0.3) is 0 Å². The van der Waals surface area contributed by atoms with Gasteiger partial charge in [-0.3, -0.25) is 4.98 Å². The highest BCUT2D eigenvalue weighted by atomic mass is 16.5. The fourth-order valence-electron chi connectivity index (χ4n) is 1.66. The summed E-state index contributed by atoms with van der Waals surface area (Å²) in [5.74, 6) is -0.510. The van der Waals surface area contributed by atoms with E-state index < -0.39 is 5.97 Å². The van der Waals surface area contributed by atoms with Gasteiger partial charge >= 0.3 is 5.97 Å². The Morgan fingerprint density at radius 2 is 2.17 bits per heavy atom. The molecule has 2 rings (SSSR count). The number of aromatic carboxylic acids is 1. The average Bonchev–Trinajstić information content (AvgIpc) is 2.28. The third-order valence-electron chi connectivity index (χ3n) is 2.37. The Labute approximate surface area is 104 Å². The number of aryl methyl sites for hydroxylation is 2. The molecule has 0 bridgehead atoms. The fraction of sp³-hybridized carbons (Fsp3) is 0.154.